The first-order valence-electron chi connectivity index (χ1n) is 6.67. The van der Waals surface area contributed by atoms with Gasteiger partial charge in [-0.2, -0.15) is 5.10 Å². The van der Waals surface area contributed by atoms with Crippen molar-refractivity contribution in [1.29, 1.82) is 0 Å². The number of nitrogens with zero attached hydrogens (tertiary/aromatic N) is 2. The number of carboxylic acid groups (broad SMARTS) is 1. The van der Waals surface area contributed by atoms with Gasteiger partial charge in [-0.05, 0) is 25.8 Å². The number of nitrogens with one attached hydrogen (secondary N) is 1. The molecule has 1 aliphatic rings. The molecule has 0 aliphatic heterocycles. The molecule has 1 aliphatic carbocycles. The quantitative estimate of drug-likeness (QED) is 0.865. The van der Waals surface area contributed by atoms with Crippen LogP contribution in [0.1, 0.15) is 55.6 Å². The molecule has 1 amide bonds. The van der Waals surface area contributed by atoms with Crippen LogP contribution in [0.4, 0.5) is 0 Å². The first-order chi connectivity index (χ1) is 9.09. The molecule has 0 bridgehead atoms. The Morgan fingerprint density at radius 1 is 1.42 bits per heavy atom. The lowest BCUT2D eigenvalue weighted by Gasteiger charge is -2.24. The third kappa shape index (κ3) is 3.13. The van der Waals surface area contributed by atoms with Gasteiger partial charge in [0, 0.05) is 12.2 Å². The van der Waals surface area contributed by atoms with E-state index in [4.69, 9.17) is 5.11 Å². The maximum Gasteiger partial charge on any atom is 0.354 e. The highest BCUT2D eigenvalue weighted by molar-refractivity contribution is 5.87. The summed E-state index contributed by atoms with van der Waals surface area (Å²) < 4.78 is 1.25. The third-order valence-electron chi connectivity index (χ3n) is 3.59. The predicted molar refractivity (Wildman–Crippen MR) is 68.9 cm³/mol. The molecule has 1 unspecified atom stereocenters. The van der Waals surface area contributed by atoms with Crippen LogP contribution in [0.3, 0.4) is 0 Å². The van der Waals surface area contributed by atoms with E-state index in [-0.39, 0.29) is 17.6 Å². The molecule has 104 valence electrons. The van der Waals surface area contributed by atoms with E-state index in [0.29, 0.717) is 0 Å². The van der Waals surface area contributed by atoms with E-state index >= 15 is 0 Å². The number of carboxylic acids is 1. The van der Waals surface area contributed by atoms with Crippen molar-refractivity contribution in [3.05, 3.63) is 18.0 Å². The monoisotopic (exact) mass is 265 g/mol. The summed E-state index contributed by atoms with van der Waals surface area (Å²) in [7, 11) is 0. The smallest absolute Gasteiger partial charge is 0.354 e. The highest BCUT2D eigenvalue weighted by Crippen LogP contribution is 2.18. The number of carbonyl (C=O) groups is 2. The van der Waals surface area contributed by atoms with E-state index in [2.05, 4.69) is 10.4 Å². The number of amides is 1. The molecule has 1 aromatic heterocycles. The van der Waals surface area contributed by atoms with Crippen molar-refractivity contribution in [2.45, 2.75) is 51.1 Å². The van der Waals surface area contributed by atoms with Gasteiger partial charge in [0.2, 0.25) is 5.91 Å². The normalized spacial score (nSPS) is 17.9. The predicted octanol–water partition coefficient (Wildman–Crippen LogP) is 1.59. The Morgan fingerprint density at radius 2 is 2.11 bits per heavy atom. The van der Waals surface area contributed by atoms with Gasteiger partial charge in [-0.3, -0.25) is 4.79 Å². The topological polar surface area (TPSA) is 84.2 Å². The molecule has 6 heteroatoms. The van der Waals surface area contributed by atoms with Gasteiger partial charge in [0.15, 0.2) is 0 Å². The van der Waals surface area contributed by atoms with Crippen molar-refractivity contribution in [1.82, 2.24) is 15.1 Å². The minimum Gasteiger partial charge on any atom is -0.477 e. The third-order valence-corrected chi connectivity index (χ3v) is 3.59. The summed E-state index contributed by atoms with van der Waals surface area (Å²) in [6.45, 7) is 1.66. The SMILES string of the molecule is CC(C(=O)NC1CCCCC1)n1nccc1C(=O)O. The summed E-state index contributed by atoms with van der Waals surface area (Å²) in [6, 6.07) is 1.00. The molecular weight excluding hydrogens is 246 g/mol. The summed E-state index contributed by atoms with van der Waals surface area (Å²) in [5.74, 6) is -1.24. The van der Waals surface area contributed by atoms with Crippen LogP contribution >= 0.6 is 0 Å². The highest BCUT2D eigenvalue weighted by Gasteiger charge is 2.24. The van der Waals surface area contributed by atoms with E-state index in [9.17, 15) is 9.59 Å². The molecule has 0 spiro atoms. The van der Waals surface area contributed by atoms with E-state index in [1.165, 1.54) is 23.4 Å². The van der Waals surface area contributed by atoms with E-state index < -0.39 is 12.0 Å². The van der Waals surface area contributed by atoms with Crippen molar-refractivity contribution in [2.75, 3.05) is 0 Å². The van der Waals surface area contributed by atoms with Crippen LogP contribution in [0.25, 0.3) is 0 Å². The second kappa shape index (κ2) is 5.86. The molecular formula is C13H19N3O3. The first-order valence-corrected chi connectivity index (χ1v) is 6.67. The molecule has 0 aromatic carbocycles. The summed E-state index contributed by atoms with van der Waals surface area (Å²) >= 11 is 0. The van der Waals surface area contributed by atoms with E-state index in [1.807, 2.05) is 0 Å². The van der Waals surface area contributed by atoms with Crippen LogP contribution in [0, 0.1) is 0 Å². The standard InChI is InChI=1S/C13H19N3O3/c1-9(16-11(13(18)19)7-8-14-16)12(17)15-10-5-3-2-4-6-10/h7-10H,2-6H2,1H3,(H,15,17)(H,18,19). The molecule has 1 heterocycles. The Balaban J connectivity index is 2.01. The molecule has 6 nitrogen and oxygen atoms in total. The van der Waals surface area contributed by atoms with Gasteiger partial charge in [0.05, 0.1) is 0 Å². The summed E-state index contributed by atoms with van der Waals surface area (Å²) in [6.07, 6.45) is 6.91. The van der Waals surface area contributed by atoms with Gasteiger partial charge in [0.25, 0.3) is 0 Å². The number of hydrogen-bond acceptors (Lipinski definition) is 3. The van der Waals surface area contributed by atoms with Crippen LogP contribution in [-0.4, -0.2) is 32.8 Å². The van der Waals surface area contributed by atoms with Crippen LogP contribution in [-0.2, 0) is 4.79 Å². The minimum atomic E-state index is -1.07. The Hall–Kier alpha value is -1.85. The van der Waals surface area contributed by atoms with Crippen molar-refractivity contribution in [3.63, 3.8) is 0 Å². The maximum atomic E-state index is 12.1. The Morgan fingerprint density at radius 3 is 2.74 bits per heavy atom. The maximum absolute atomic E-state index is 12.1. The van der Waals surface area contributed by atoms with Gasteiger partial charge in [0.1, 0.15) is 11.7 Å². The van der Waals surface area contributed by atoms with Crippen molar-refractivity contribution in [3.8, 4) is 0 Å². The first kappa shape index (κ1) is 13.6. The number of hydrogen-bond donors (Lipinski definition) is 2. The molecule has 0 saturated heterocycles. The van der Waals surface area contributed by atoms with Gasteiger partial charge in [-0.15, -0.1) is 0 Å². The fraction of sp³-hybridized carbons (Fsp3) is 0.615. The van der Waals surface area contributed by atoms with Gasteiger partial charge in [-0.25, -0.2) is 9.48 Å². The lowest BCUT2D eigenvalue weighted by Crippen LogP contribution is -2.40. The van der Waals surface area contributed by atoms with Crippen LogP contribution in [0.15, 0.2) is 12.3 Å². The average molecular weight is 265 g/mol. The molecule has 1 atom stereocenters. The number of rotatable bonds is 4. The van der Waals surface area contributed by atoms with E-state index in [0.717, 1.165) is 25.7 Å². The van der Waals surface area contributed by atoms with Crippen molar-refractivity contribution in [2.24, 2.45) is 0 Å². The minimum absolute atomic E-state index is 0.0336. The molecule has 2 N–H and O–H groups in total. The molecule has 19 heavy (non-hydrogen) atoms. The van der Waals surface area contributed by atoms with Crippen molar-refractivity contribution >= 4 is 11.9 Å². The number of aromatic nitrogens is 2. The zero-order chi connectivity index (χ0) is 13.8. The summed E-state index contributed by atoms with van der Waals surface area (Å²) in [5.41, 5.74) is 0.0336. The van der Waals surface area contributed by atoms with Gasteiger partial charge in [-0.1, -0.05) is 19.3 Å². The highest BCUT2D eigenvalue weighted by atomic mass is 16.4. The number of carbonyl (C=O) groups excluding carboxylic acids is 1. The van der Waals surface area contributed by atoms with Gasteiger partial charge < -0.3 is 10.4 Å². The summed E-state index contributed by atoms with van der Waals surface area (Å²) in [4.78, 5) is 23.1. The van der Waals surface area contributed by atoms with Gasteiger partial charge >= 0.3 is 5.97 Å². The summed E-state index contributed by atoms with van der Waals surface area (Å²) in [5, 5.41) is 15.9. The molecule has 0 radical (unpaired) electrons. The lowest BCUT2D eigenvalue weighted by molar-refractivity contribution is -0.125. The average Bonchev–Trinajstić information content (AvgIpc) is 2.88. The Kier molecular flexibility index (Phi) is 4.19. The largest absolute Gasteiger partial charge is 0.477 e. The molecule has 1 saturated carbocycles. The zero-order valence-electron chi connectivity index (χ0n) is 11.0. The van der Waals surface area contributed by atoms with Crippen LogP contribution in [0.2, 0.25) is 0 Å². The second-order valence-electron chi connectivity index (χ2n) is 4.99. The molecule has 1 aromatic rings. The second-order valence-corrected chi connectivity index (χ2v) is 4.99. The molecule has 1 fully saturated rings. The number of aromatic carboxylic acids is 1. The van der Waals surface area contributed by atoms with Crippen molar-refractivity contribution < 1.29 is 14.7 Å². The zero-order valence-corrected chi connectivity index (χ0v) is 11.0. The fourth-order valence-electron chi connectivity index (χ4n) is 2.47. The fourth-order valence-corrected chi connectivity index (χ4v) is 2.47. The lowest BCUT2D eigenvalue weighted by atomic mass is 9.95. The Bertz CT molecular complexity index is 463. The van der Waals surface area contributed by atoms with Crippen LogP contribution in [0.5, 0.6) is 0 Å². The Labute approximate surface area is 111 Å². The van der Waals surface area contributed by atoms with Crippen LogP contribution < -0.4 is 5.32 Å². The van der Waals surface area contributed by atoms with E-state index in [1.54, 1.807) is 6.92 Å². The molecule has 2 rings (SSSR count).